The fraction of sp³-hybridized carbons (Fsp3) is 0.909. The summed E-state index contributed by atoms with van der Waals surface area (Å²) in [5.74, 6) is 1.19. The molecule has 0 spiro atoms. The lowest BCUT2D eigenvalue weighted by Gasteiger charge is -2.38. The van der Waals surface area contributed by atoms with E-state index in [2.05, 4.69) is 52.4 Å². The van der Waals surface area contributed by atoms with Crippen molar-refractivity contribution >= 4 is 12.2 Å². The molecule has 6 atom stereocenters. The predicted octanol–water partition coefficient (Wildman–Crippen LogP) is 4.78. The number of nitrogens with one attached hydrogen (secondary N) is 2. The van der Waals surface area contributed by atoms with E-state index in [1.807, 2.05) is 0 Å². The summed E-state index contributed by atoms with van der Waals surface area (Å²) in [4.78, 5) is 24.5. The Hall–Kier alpha value is -1.46. The van der Waals surface area contributed by atoms with Crippen LogP contribution >= 0.6 is 0 Å². The molecule has 0 unspecified atom stereocenters. The first-order chi connectivity index (χ1) is 12.9. The fourth-order valence-corrected chi connectivity index (χ4v) is 7.04. The maximum absolute atomic E-state index is 12.3. The van der Waals surface area contributed by atoms with E-state index in [0.717, 1.165) is 25.7 Å². The first-order valence-electron chi connectivity index (χ1n) is 10.8. The molecule has 2 N–H and O–H groups in total. The minimum absolute atomic E-state index is 0.00122. The number of fused-ring (bicyclic) bond motifs is 4. The molecule has 4 fully saturated rings. The monoisotopic (exact) mass is 392 g/mol. The summed E-state index contributed by atoms with van der Waals surface area (Å²) in [6.07, 6.45) is 4.94. The number of amides is 2. The summed E-state index contributed by atoms with van der Waals surface area (Å²) in [5, 5.41) is 0. The number of hydrogen-bond acceptors (Lipinski definition) is 4. The molecule has 0 radical (unpaired) electrons. The van der Waals surface area contributed by atoms with E-state index in [1.54, 1.807) is 0 Å². The normalized spacial score (nSPS) is 44.4. The zero-order chi connectivity index (χ0) is 20.5. The Labute approximate surface area is 168 Å². The highest BCUT2D eigenvalue weighted by molar-refractivity contribution is 5.74. The van der Waals surface area contributed by atoms with Crippen molar-refractivity contribution in [3.8, 4) is 0 Å². The van der Waals surface area contributed by atoms with Gasteiger partial charge in [0.25, 0.3) is 0 Å². The Morgan fingerprint density at radius 1 is 0.714 bits per heavy atom. The predicted molar refractivity (Wildman–Crippen MR) is 105 cm³/mol. The Balaban J connectivity index is 1.27. The van der Waals surface area contributed by atoms with Gasteiger partial charge in [-0.2, -0.15) is 0 Å². The van der Waals surface area contributed by atoms with Crippen molar-refractivity contribution in [1.82, 2.24) is 10.9 Å². The molecule has 0 heterocycles. The van der Waals surface area contributed by atoms with Crippen LogP contribution in [0.1, 0.15) is 80.1 Å². The van der Waals surface area contributed by atoms with E-state index in [0.29, 0.717) is 11.8 Å². The van der Waals surface area contributed by atoms with Gasteiger partial charge in [-0.3, -0.25) is 0 Å². The van der Waals surface area contributed by atoms with Gasteiger partial charge in [-0.05, 0) is 61.2 Å². The zero-order valence-electron chi connectivity index (χ0n) is 18.2. The van der Waals surface area contributed by atoms with Crippen molar-refractivity contribution in [1.29, 1.82) is 0 Å². The summed E-state index contributed by atoms with van der Waals surface area (Å²) in [5.41, 5.74) is 5.11. The van der Waals surface area contributed by atoms with Crippen molar-refractivity contribution in [3.63, 3.8) is 0 Å². The first kappa shape index (κ1) is 19.8. The third-order valence-electron chi connectivity index (χ3n) is 10.2. The number of carbonyl (C=O) groups excluding carboxylic acids is 2. The summed E-state index contributed by atoms with van der Waals surface area (Å²) >= 11 is 0. The second-order valence-electron chi connectivity index (χ2n) is 11.3. The van der Waals surface area contributed by atoms with Crippen LogP contribution in [0.5, 0.6) is 0 Å². The number of hydrogen-bond donors (Lipinski definition) is 2. The SMILES string of the molecule is CC1(C)[C@@H]2CC[C@@]1(C)[C@@H](OC(=O)NNC(=O)O[C@@H]1C[C@H]3CC[C@]1(C)C3(C)C)C2. The van der Waals surface area contributed by atoms with Gasteiger partial charge in [-0.15, -0.1) is 0 Å². The Morgan fingerprint density at radius 2 is 1.07 bits per heavy atom. The second kappa shape index (κ2) is 6.02. The van der Waals surface area contributed by atoms with Crippen LogP contribution < -0.4 is 10.9 Å². The Morgan fingerprint density at radius 3 is 1.32 bits per heavy atom. The van der Waals surface area contributed by atoms with Gasteiger partial charge < -0.3 is 9.47 Å². The van der Waals surface area contributed by atoms with Gasteiger partial charge in [-0.25, -0.2) is 20.4 Å². The third kappa shape index (κ3) is 2.51. The molecule has 0 aromatic carbocycles. The molecule has 0 saturated heterocycles. The van der Waals surface area contributed by atoms with Gasteiger partial charge in [0.15, 0.2) is 0 Å². The van der Waals surface area contributed by atoms with E-state index in [9.17, 15) is 9.59 Å². The summed E-state index contributed by atoms with van der Waals surface area (Å²) in [7, 11) is 0. The van der Waals surface area contributed by atoms with Crippen LogP contribution in [0.15, 0.2) is 0 Å². The fourth-order valence-electron chi connectivity index (χ4n) is 7.04. The van der Waals surface area contributed by atoms with Crippen molar-refractivity contribution in [3.05, 3.63) is 0 Å². The molecule has 4 aliphatic rings. The van der Waals surface area contributed by atoms with Crippen LogP contribution in [0.25, 0.3) is 0 Å². The molecule has 0 aromatic rings. The second-order valence-corrected chi connectivity index (χ2v) is 11.3. The molecule has 4 bridgehead atoms. The number of hydrazine groups is 1. The minimum Gasteiger partial charge on any atom is -0.444 e. The van der Waals surface area contributed by atoms with Crippen LogP contribution in [0, 0.1) is 33.5 Å². The summed E-state index contributed by atoms with van der Waals surface area (Å²) < 4.78 is 11.4. The number of carbonyl (C=O) groups is 2. The number of ether oxygens (including phenoxy) is 2. The van der Waals surface area contributed by atoms with E-state index < -0.39 is 12.2 Å². The smallest absolute Gasteiger partial charge is 0.426 e. The lowest BCUT2D eigenvalue weighted by Crippen LogP contribution is -2.48. The topological polar surface area (TPSA) is 76.7 Å². The molecule has 4 rings (SSSR count). The largest absolute Gasteiger partial charge is 0.444 e. The number of rotatable bonds is 2. The molecule has 6 heteroatoms. The molecule has 28 heavy (non-hydrogen) atoms. The highest BCUT2D eigenvalue weighted by Crippen LogP contribution is 2.67. The van der Waals surface area contributed by atoms with Gasteiger partial charge >= 0.3 is 12.2 Å². The lowest BCUT2D eigenvalue weighted by molar-refractivity contribution is -0.0130. The molecular formula is C22H36N2O4. The highest BCUT2D eigenvalue weighted by Gasteiger charge is 2.64. The molecule has 6 nitrogen and oxygen atoms in total. The molecule has 4 saturated carbocycles. The molecule has 4 aliphatic carbocycles. The maximum Gasteiger partial charge on any atom is 0.426 e. The van der Waals surface area contributed by atoms with Gasteiger partial charge in [0, 0.05) is 10.8 Å². The van der Waals surface area contributed by atoms with Gasteiger partial charge in [0.05, 0.1) is 0 Å². The van der Waals surface area contributed by atoms with Crippen molar-refractivity contribution in [2.45, 2.75) is 92.3 Å². The van der Waals surface area contributed by atoms with Gasteiger partial charge in [0.2, 0.25) is 0 Å². The van der Waals surface area contributed by atoms with E-state index in [1.165, 1.54) is 12.8 Å². The maximum atomic E-state index is 12.3. The molecular weight excluding hydrogens is 356 g/mol. The Kier molecular flexibility index (Phi) is 4.27. The van der Waals surface area contributed by atoms with Gasteiger partial charge in [-0.1, -0.05) is 41.5 Å². The van der Waals surface area contributed by atoms with E-state index >= 15 is 0 Å². The molecule has 0 aliphatic heterocycles. The zero-order valence-corrected chi connectivity index (χ0v) is 18.2. The van der Waals surface area contributed by atoms with Gasteiger partial charge in [0.1, 0.15) is 12.2 Å². The third-order valence-corrected chi connectivity index (χ3v) is 10.2. The molecule has 2 amide bonds. The average Bonchev–Trinajstić information content (AvgIpc) is 3.12. The lowest BCUT2D eigenvalue weighted by atomic mass is 9.70. The molecule has 0 aromatic heterocycles. The Bertz CT molecular complexity index is 632. The minimum atomic E-state index is -0.606. The standard InChI is InChI=1S/C22H36N2O4/c1-19(2)13-7-9-21(19,5)15(11-13)27-17(25)23-24-18(26)28-16-12-14-8-10-22(16,6)20(14,3)4/h13-16H,7-12H2,1-6H3,(H,23,25)(H,24,26)/t13-,14-,15-,16+,21+,22+/m1/s1. The summed E-state index contributed by atoms with van der Waals surface area (Å²) in [6, 6.07) is 0. The van der Waals surface area contributed by atoms with Crippen LogP contribution in [0.2, 0.25) is 0 Å². The van der Waals surface area contributed by atoms with Crippen LogP contribution in [0.3, 0.4) is 0 Å². The average molecular weight is 393 g/mol. The highest BCUT2D eigenvalue weighted by atomic mass is 16.6. The van der Waals surface area contributed by atoms with Crippen molar-refractivity contribution in [2.24, 2.45) is 33.5 Å². The van der Waals surface area contributed by atoms with Crippen LogP contribution in [-0.2, 0) is 9.47 Å². The van der Waals surface area contributed by atoms with E-state index in [-0.39, 0.29) is 33.9 Å². The summed E-state index contributed by atoms with van der Waals surface area (Å²) in [6.45, 7) is 13.5. The van der Waals surface area contributed by atoms with Crippen LogP contribution in [0.4, 0.5) is 9.59 Å². The van der Waals surface area contributed by atoms with Crippen molar-refractivity contribution in [2.75, 3.05) is 0 Å². The quantitative estimate of drug-likeness (QED) is 0.663. The first-order valence-corrected chi connectivity index (χ1v) is 10.8. The van der Waals surface area contributed by atoms with Crippen molar-refractivity contribution < 1.29 is 19.1 Å². The molecule has 158 valence electrons. The van der Waals surface area contributed by atoms with Crippen LogP contribution in [-0.4, -0.2) is 24.4 Å². The van der Waals surface area contributed by atoms with E-state index in [4.69, 9.17) is 9.47 Å².